The van der Waals surface area contributed by atoms with Gasteiger partial charge in [0, 0.05) is 43.6 Å². The van der Waals surface area contributed by atoms with Crippen LogP contribution in [0, 0.1) is 5.82 Å². The summed E-state index contributed by atoms with van der Waals surface area (Å²) in [4.78, 5) is 30.5. The Morgan fingerprint density at radius 2 is 2.00 bits per heavy atom. The maximum atomic E-state index is 13.0. The van der Waals surface area contributed by atoms with E-state index in [1.54, 1.807) is 12.1 Å². The molecule has 0 radical (unpaired) electrons. The fourth-order valence-electron chi connectivity index (χ4n) is 3.51. The van der Waals surface area contributed by atoms with E-state index in [4.69, 9.17) is 4.52 Å². The van der Waals surface area contributed by atoms with Crippen LogP contribution in [0.25, 0.3) is 11.4 Å². The van der Waals surface area contributed by atoms with Gasteiger partial charge in [-0.15, -0.1) is 0 Å². The van der Waals surface area contributed by atoms with Crippen LogP contribution in [0.3, 0.4) is 0 Å². The molecule has 0 atom stereocenters. The summed E-state index contributed by atoms with van der Waals surface area (Å²) < 4.78 is 18.2. The van der Waals surface area contributed by atoms with Crippen LogP contribution in [0.5, 0.6) is 0 Å². The SMILES string of the molecule is O=C(CCc1nc(-c2ccc(F)cc2)no1)Nc1cccc(CN2CCCCC2=O)c1. The zero-order valence-electron chi connectivity index (χ0n) is 17.0. The molecule has 1 aromatic heterocycles. The van der Waals surface area contributed by atoms with Gasteiger partial charge in [-0.1, -0.05) is 17.3 Å². The van der Waals surface area contributed by atoms with Crippen LogP contribution in [0.15, 0.2) is 53.1 Å². The smallest absolute Gasteiger partial charge is 0.227 e. The van der Waals surface area contributed by atoms with E-state index in [0.717, 1.165) is 24.9 Å². The van der Waals surface area contributed by atoms with Crippen molar-refractivity contribution in [2.45, 2.75) is 38.6 Å². The Balaban J connectivity index is 1.30. The Bertz CT molecular complexity index is 1060. The van der Waals surface area contributed by atoms with Crippen molar-refractivity contribution in [3.05, 3.63) is 65.8 Å². The van der Waals surface area contributed by atoms with Crippen LogP contribution in [0.4, 0.5) is 10.1 Å². The Labute approximate surface area is 179 Å². The number of hydrogen-bond donors (Lipinski definition) is 1. The summed E-state index contributed by atoms with van der Waals surface area (Å²) in [5.41, 5.74) is 2.31. The van der Waals surface area contributed by atoms with Crippen molar-refractivity contribution in [3.63, 3.8) is 0 Å². The third-order valence-electron chi connectivity index (χ3n) is 5.14. The van der Waals surface area contributed by atoms with Gasteiger partial charge in [0.25, 0.3) is 0 Å². The molecule has 0 spiro atoms. The molecule has 4 rings (SSSR count). The number of halogens is 1. The molecule has 1 aliphatic heterocycles. The number of aryl methyl sites for hydroxylation is 1. The van der Waals surface area contributed by atoms with E-state index >= 15 is 0 Å². The van der Waals surface area contributed by atoms with Crippen molar-refractivity contribution in [1.82, 2.24) is 15.0 Å². The zero-order valence-corrected chi connectivity index (χ0v) is 17.0. The van der Waals surface area contributed by atoms with Gasteiger partial charge in [0.2, 0.25) is 23.5 Å². The van der Waals surface area contributed by atoms with Crippen LogP contribution in [0.2, 0.25) is 0 Å². The van der Waals surface area contributed by atoms with E-state index < -0.39 is 0 Å². The van der Waals surface area contributed by atoms with Crippen LogP contribution < -0.4 is 5.32 Å². The second-order valence-corrected chi connectivity index (χ2v) is 7.54. The molecule has 7 nitrogen and oxygen atoms in total. The van der Waals surface area contributed by atoms with Crippen LogP contribution in [-0.4, -0.2) is 33.4 Å². The lowest BCUT2D eigenvalue weighted by Crippen LogP contribution is -2.34. The molecule has 31 heavy (non-hydrogen) atoms. The number of anilines is 1. The maximum Gasteiger partial charge on any atom is 0.227 e. The fourth-order valence-corrected chi connectivity index (χ4v) is 3.51. The number of benzene rings is 2. The molecule has 1 fully saturated rings. The highest BCUT2D eigenvalue weighted by Gasteiger charge is 2.18. The molecular formula is C23H23FN4O3. The lowest BCUT2D eigenvalue weighted by molar-refractivity contribution is -0.133. The van der Waals surface area contributed by atoms with Crippen molar-refractivity contribution in [2.24, 2.45) is 0 Å². The van der Waals surface area contributed by atoms with Crippen molar-refractivity contribution in [3.8, 4) is 11.4 Å². The summed E-state index contributed by atoms with van der Waals surface area (Å²) in [6, 6.07) is 13.3. The number of piperidine rings is 1. The third-order valence-corrected chi connectivity index (χ3v) is 5.14. The van der Waals surface area contributed by atoms with E-state index in [0.29, 0.717) is 42.4 Å². The largest absolute Gasteiger partial charge is 0.339 e. The van der Waals surface area contributed by atoms with Gasteiger partial charge in [0.15, 0.2) is 0 Å². The molecule has 1 N–H and O–H groups in total. The second-order valence-electron chi connectivity index (χ2n) is 7.54. The first kappa shape index (κ1) is 20.7. The number of likely N-dealkylation sites (tertiary alicyclic amines) is 1. The van der Waals surface area contributed by atoms with Gasteiger partial charge in [-0.2, -0.15) is 4.98 Å². The standard InChI is InChI=1S/C23H23FN4O3/c24-18-9-7-17(8-10-18)23-26-21(31-27-23)12-11-20(29)25-19-5-3-4-16(14-19)15-28-13-2-1-6-22(28)30/h3-5,7-10,14H,1-2,6,11-13,15H2,(H,25,29). The van der Waals surface area contributed by atoms with Gasteiger partial charge >= 0.3 is 0 Å². The third kappa shape index (κ3) is 5.53. The van der Waals surface area contributed by atoms with Gasteiger partial charge < -0.3 is 14.7 Å². The monoisotopic (exact) mass is 422 g/mol. The first-order valence-electron chi connectivity index (χ1n) is 10.3. The summed E-state index contributed by atoms with van der Waals surface area (Å²) in [5, 5.41) is 6.75. The Morgan fingerprint density at radius 1 is 1.16 bits per heavy atom. The molecule has 2 aromatic carbocycles. The first-order valence-corrected chi connectivity index (χ1v) is 10.3. The molecule has 2 amide bonds. The predicted molar refractivity (Wildman–Crippen MR) is 112 cm³/mol. The van der Waals surface area contributed by atoms with Gasteiger partial charge in [-0.05, 0) is 54.8 Å². The summed E-state index contributed by atoms with van der Waals surface area (Å²) in [6.45, 7) is 1.33. The number of carbonyl (C=O) groups is 2. The zero-order chi connectivity index (χ0) is 21.6. The predicted octanol–water partition coefficient (Wildman–Crippen LogP) is 3.96. The molecule has 0 saturated carbocycles. The molecule has 0 bridgehead atoms. The highest BCUT2D eigenvalue weighted by molar-refractivity contribution is 5.90. The molecule has 160 valence electrons. The lowest BCUT2D eigenvalue weighted by atomic mass is 10.1. The van der Waals surface area contributed by atoms with Gasteiger partial charge in [0.1, 0.15) is 5.82 Å². The number of aromatic nitrogens is 2. The molecule has 8 heteroatoms. The van der Waals surface area contributed by atoms with Crippen molar-refractivity contribution >= 4 is 17.5 Å². The average Bonchev–Trinajstić information content (AvgIpc) is 3.24. The van der Waals surface area contributed by atoms with Crippen molar-refractivity contribution in [1.29, 1.82) is 0 Å². The topological polar surface area (TPSA) is 88.3 Å². The minimum atomic E-state index is -0.337. The molecular weight excluding hydrogens is 399 g/mol. The minimum Gasteiger partial charge on any atom is -0.339 e. The molecule has 3 aromatic rings. The van der Waals surface area contributed by atoms with Crippen LogP contribution >= 0.6 is 0 Å². The van der Waals surface area contributed by atoms with E-state index in [-0.39, 0.29) is 24.1 Å². The number of amides is 2. The van der Waals surface area contributed by atoms with Crippen LogP contribution in [0.1, 0.15) is 37.1 Å². The van der Waals surface area contributed by atoms with E-state index in [1.165, 1.54) is 12.1 Å². The molecule has 0 unspecified atom stereocenters. The summed E-state index contributed by atoms with van der Waals surface area (Å²) >= 11 is 0. The Morgan fingerprint density at radius 3 is 2.81 bits per heavy atom. The highest BCUT2D eigenvalue weighted by Crippen LogP contribution is 2.19. The van der Waals surface area contributed by atoms with E-state index in [2.05, 4.69) is 15.5 Å². The van der Waals surface area contributed by atoms with Gasteiger partial charge in [-0.25, -0.2) is 4.39 Å². The normalized spacial score (nSPS) is 14.0. The average molecular weight is 422 g/mol. The molecule has 0 aliphatic carbocycles. The van der Waals surface area contributed by atoms with E-state index in [9.17, 15) is 14.0 Å². The number of rotatable bonds is 7. The summed E-state index contributed by atoms with van der Waals surface area (Å²) in [6.07, 6.45) is 3.06. The Hall–Kier alpha value is -3.55. The van der Waals surface area contributed by atoms with Crippen molar-refractivity contribution in [2.75, 3.05) is 11.9 Å². The number of carbonyl (C=O) groups excluding carboxylic acids is 2. The van der Waals surface area contributed by atoms with Gasteiger partial charge in [-0.3, -0.25) is 9.59 Å². The van der Waals surface area contributed by atoms with Gasteiger partial charge in [0.05, 0.1) is 0 Å². The first-order chi connectivity index (χ1) is 15.1. The highest BCUT2D eigenvalue weighted by atomic mass is 19.1. The molecule has 2 heterocycles. The van der Waals surface area contributed by atoms with Crippen LogP contribution in [-0.2, 0) is 22.6 Å². The van der Waals surface area contributed by atoms with E-state index in [1.807, 2.05) is 29.2 Å². The summed E-state index contributed by atoms with van der Waals surface area (Å²) in [5.74, 6) is 0.367. The minimum absolute atomic E-state index is 0.173. The second kappa shape index (κ2) is 9.51. The molecule has 1 saturated heterocycles. The molecule has 1 aliphatic rings. The summed E-state index contributed by atoms with van der Waals surface area (Å²) in [7, 11) is 0. The number of nitrogens with zero attached hydrogens (tertiary/aromatic N) is 3. The Kier molecular flexibility index (Phi) is 6.35. The quantitative estimate of drug-likeness (QED) is 0.623. The van der Waals surface area contributed by atoms with Crippen molar-refractivity contribution < 1.29 is 18.5 Å². The number of hydrogen-bond acceptors (Lipinski definition) is 5. The lowest BCUT2D eigenvalue weighted by Gasteiger charge is -2.26. The number of nitrogens with one attached hydrogen (secondary N) is 1. The fraction of sp³-hybridized carbons (Fsp3) is 0.304. The maximum absolute atomic E-state index is 13.0.